The molecular formula is C18H14F4N6. The Labute approximate surface area is 156 Å². The van der Waals surface area contributed by atoms with Crippen LogP contribution >= 0.6 is 0 Å². The molecule has 1 aromatic carbocycles. The van der Waals surface area contributed by atoms with Gasteiger partial charge in [0.15, 0.2) is 5.65 Å². The van der Waals surface area contributed by atoms with E-state index in [0.29, 0.717) is 16.9 Å². The first-order chi connectivity index (χ1) is 13.3. The molecule has 10 heteroatoms. The van der Waals surface area contributed by atoms with Crippen LogP contribution in [0.1, 0.15) is 17.1 Å². The Balaban J connectivity index is 1.77. The average Bonchev–Trinajstić information content (AvgIpc) is 3.22. The highest BCUT2D eigenvalue weighted by atomic mass is 19.4. The summed E-state index contributed by atoms with van der Waals surface area (Å²) in [6.07, 6.45) is 0.577. The number of hydrogen-bond acceptors (Lipinski definition) is 4. The Morgan fingerprint density at radius 3 is 2.64 bits per heavy atom. The largest absolute Gasteiger partial charge is 0.408 e. The molecule has 3 heterocycles. The third-order valence-corrected chi connectivity index (χ3v) is 4.17. The van der Waals surface area contributed by atoms with E-state index in [4.69, 9.17) is 0 Å². The first-order valence-electron chi connectivity index (χ1n) is 8.35. The number of hydrogen-bond donors (Lipinski definition) is 0. The van der Waals surface area contributed by atoms with Gasteiger partial charge in [-0.05, 0) is 18.6 Å². The zero-order valence-corrected chi connectivity index (χ0v) is 14.7. The zero-order valence-electron chi connectivity index (χ0n) is 14.7. The molecule has 0 atom stereocenters. The minimum atomic E-state index is -4.41. The number of aromatic nitrogens is 6. The van der Waals surface area contributed by atoms with Gasteiger partial charge in [0.2, 0.25) is 5.82 Å². The topological polar surface area (TPSA) is 60.9 Å². The van der Waals surface area contributed by atoms with Gasteiger partial charge in [0.25, 0.3) is 0 Å². The van der Waals surface area contributed by atoms with Crippen LogP contribution < -0.4 is 0 Å². The minimum Gasteiger partial charge on any atom is -0.303 e. The Hall–Kier alpha value is -3.30. The fourth-order valence-corrected chi connectivity index (χ4v) is 2.89. The Morgan fingerprint density at radius 2 is 1.89 bits per heavy atom. The molecular weight excluding hydrogens is 376 g/mol. The Bertz CT molecular complexity index is 1140. The van der Waals surface area contributed by atoms with E-state index in [1.165, 1.54) is 13.0 Å². The van der Waals surface area contributed by atoms with Gasteiger partial charge in [-0.15, -0.1) is 5.10 Å². The van der Waals surface area contributed by atoms with Crippen LogP contribution in [0.5, 0.6) is 0 Å². The normalized spacial score (nSPS) is 12.0. The third kappa shape index (κ3) is 3.57. The van der Waals surface area contributed by atoms with Gasteiger partial charge >= 0.3 is 6.18 Å². The summed E-state index contributed by atoms with van der Waals surface area (Å²) in [6, 6.07) is 6.30. The molecule has 6 nitrogen and oxygen atoms in total. The third-order valence-electron chi connectivity index (χ3n) is 4.17. The van der Waals surface area contributed by atoms with E-state index < -0.39 is 12.7 Å². The maximum Gasteiger partial charge on any atom is 0.408 e. The minimum absolute atomic E-state index is 0.0622. The van der Waals surface area contributed by atoms with Crippen LogP contribution in [0.2, 0.25) is 0 Å². The number of aryl methyl sites for hydroxylation is 1. The van der Waals surface area contributed by atoms with Gasteiger partial charge < -0.3 is 4.40 Å². The fraction of sp³-hybridized carbons (Fsp3) is 0.222. The number of imidazole rings is 1. The predicted octanol–water partition coefficient (Wildman–Crippen LogP) is 3.59. The molecule has 0 saturated carbocycles. The number of alkyl halides is 3. The highest BCUT2D eigenvalue weighted by molar-refractivity contribution is 5.55. The number of benzene rings is 1. The molecule has 0 unspecified atom stereocenters. The summed E-state index contributed by atoms with van der Waals surface area (Å²) >= 11 is 0. The summed E-state index contributed by atoms with van der Waals surface area (Å²) in [5.74, 6) is -0.189. The summed E-state index contributed by atoms with van der Waals surface area (Å²) in [6.45, 7) is 0.208. The van der Waals surface area contributed by atoms with Crippen molar-refractivity contribution in [3.63, 3.8) is 0 Å². The molecule has 3 aromatic heterocycles. The maximum atomic E-state index is 14.0. The van der Waals surface area contributed by atoms with Gasteiger partial charge in [-0.3, -0.25) is 0 Å². The van der Waals surface area contributed by atoms with Gasteiger partial charge in [-0.2, -0.15) is 13.2 Å². The van der Waals surface area contributed by atoms with Crippen molar-refractivity contribution < 1.29 is 17.6 Å². The molecule has 0 fully saturated rings. The zero-order chi connectivity index (χ0) is 19.9. The van der Waals surface area contributed by atoms with Crippen LogP contribution in [0.3, 0.4) is 0 Å². The lowest BCUT2D eigenvalue weighted by Crippen LogP contribution is -2.19. The van der Waals surface area contributed by atoms with E-state index in [9.17, 15) is 17.6 Å². The molecule has 28 heavy (non-hydrogen) atoms. The van der Waals surface area contributed by atoms with Crippen molar-refractivity contribution in [2.75, 3.05) is 0 Å². The maximum absolute atomic E-state index is 14.0. The molecule has 0 N–H and O–H groups in total. The molecule has 0 aliphatic rings. The van der Waals surface area contributed by atoms with E-state index in [-0.39, 0.29) is 29.6 Å². The molecule has 4 rings (SSSR count). The van der Waals surface area contributed by atoms with Gasteiger partial charge in [0.05, 0.1) is 5.69 Å². The standard InChI is InChI=1S/C18H14F4N6/c1-11-24-16(26-28(11)10-18(20,21)22)15-9-27-7-6-23-17(27)14(25-15)8-12-4-2-3-5-13(12)19/h2-7,9H,8,10H2,1H3. The second kappa shape index (κ2) is 6.70. The van der Waals surface area contributed by atoms with Crippen LogP contribution in [0, 0.1) is 12.7 Å². The average molecular weight is 390 g/mol. The summed E-state index contributed by atoms with van der Waals surface area (Å²) < 4.78 is 54.6. The van der Waals surface area contributed by atoms with Crippen molar-refractivity contribution in [1.82, 2.24) is 29.1 Å². The molecule has 0 amide bonds. The van der Waals surface area contributed by atoms with Crippen molar-refractivity contribution in [2.45, 2.75) is 26.1 Å². The number of fused-ring (bicyclic) bond motifs is 1. The van der Waals surface area contributed by atoms with Crippen molar-refractivity contribution in [2.24, 2.45) is 0 Å². The molecule has 0 bridgehead atoms. The first-order valence-corrected chi connectivity index (χ1v) is 8.35. The Morgan fingerprint density at radius 1 is 1.11 bits per heavy atom. The van der Waals surface area contributed by atoms with Crippen molar-refractivity contribution >= 4 is 5.65 Å². The quantitative estimate of drug-likeness (QED) is 0.500. The van der Waals surface area contributed by atoms with Crippen LogP contribution in [0.4, 0.5) is 17.6 Å². The van der Waals surface area contributed by atoms with Gasteiger partial charge in [0.1, 0.15) is 23.9 Å². The monoisotopic (exact) mass is 390 g/mol. The second-order valence-electron chi connectivity index (χ2n) is 6.25. The van der Waals surface area contributed by atoms with E-state index in [1.54, 1.807) is 41.2 Å². The molecule has 0 spiro atoms. The smallest absolute Gasteiger partial charge is 0.303 e. The van der Waals surface area contributed by atoms with Gasteiger partial charge in [-0.1, -0.05) is 18.2 Å². The van der Waals surface area contributed by atoms with E-state index in [0.717, 1.165) is 4.68 Å². The van der Waals surface area contributed by atoms with Crippen LogP contribution in [0.15, 0.2) is 42.9 Å². The first kappa shape index (κ1) is 18.1. The summed E-state index contributed by atoms with van der Waals surface area (Å²) in [7, 11) is 0. The summed E-state index contributed by atoms with van der Waals surface area (Å²) in [4.78, 5) is 12.8. The van der Waals surface area contributed by atoms with E-state index in [1.807, 2.05) is 0 Å². The second-order valence-corrected chi connectivity index (χ2v) is 6.25. The number of nitrogens with zero attached hydrogens (tertiary/aromatic N) is 6. The fourth-order valence-electron chi connectivity index (χ4n) is 2.89. The van der Waals surface area contributed by atoms with Crippen LogP contribution in [-0.2, 0) is 13.0 Å². The van der Waals surface area contributed by atoms with E-state index >= 15 is 0 Å². The SMILES string of the molecule is Cc1nc(-c2cn3ccnc3c(Cc3ccccc3F)n2)nn1CC(F)(F)F. The van der Waals surface area contributed by atoms with Crippen LogP contribution in [-0.4, -0.2) is 35.3 Å². The molecule has 144 valence electrons. The molecule has 4 aromatic rings. The predicted molar refractivity (Wildman–Crippen MR) is 92.0 cm³/mol. The van der Waals surface area contributed by atoms with Gasteiger partial charge in [0, 0.05) is 25.0 Å². The van der Waals surface area contributed by atoms with Crippen LogP contribution in [0.25, 0.3) is 17.2 Å². The summed E-state index contributed by atoms with van der Waals surface area (Å²) in [5.41, 5.74) is 1.71. The van der Waals surface area contributed by atoms with E-state index in [2.05, 4.69) is 20.1 Å². The highest BCUT2D eigenvalue weighted by Gasteiger charge is 2.30. The molecule has 0 saturated heterocycles. The molecule has 0 aliphatic carbocycles. The number of rotatable bonds is 4. The van der Waals surface area contributed by atoms with Gasteiger partial charge in [-0.25, -0.2) is 24.0 Å². The van der Waals surface area contributed by atoms with Crippen molar-refractivity contribution in [3.05, 3.63) is 65.8 Å². The lowest BCUT2D eigenvalue weighted by molar-refractivity contribution is -0.143. The Kier molecular flexibility index (Phi) is 4.33. The molecule has 0 aliphatic heterocycles. The van der Waals surface area contributed by atoms with Crippen molar-refractivity contribution in [1.29, 1.82) is 0 Å². The number of halogens is 4. The lowest BCUT2D eigenvalue weighted by atomic mass is 10.1. The van der Waals surface area contributed by atoms with Crippen molar-refractivity contribution in [3.8, 4) is 11.5 Å². The highest BCUT2D eigenvalue weighted by Crippen LogP contribution is 2.22. The summed E-state index contributed by atoms with van der Waals surface area (Å²) in [5, 5.41) is 3.94. The lowest BCUT2D eigenvalue weighted by Gasteiger charge is -2.07. The molecule has 0 radical (unpaired) electrons.